The average Bonchev–Trinajstić information content (AvgIpc) is 2.59. The van der Waals surface area contributed by atoms with Crippen LogP contribution in [0.1, 0.15) is 18.1 Å². The van der Waals surface area contributed by atoms with Crippen LogP contribution in [0.4, 0.5) is 5.69 Å². The lowest BCUT2D eigenvalue weighted by Crippen LogP contribution is -2.31. The second-order valence-corrected chi connectivity index (χ2v) is 6.49. The van der Waals surface area contributed by atoms with Crippen molar-refractivity contribution in [3.63, 3.8) is 0 Å². The predicted octanol–water partition coefficient (Wildman–Crippen LogP) is 3.91. The van der Waals surface area contributed by atoms with Crippen LogP contribution in [0.5, 0.6) is 11.5 Å². The molecule has 0 aliphatic carbocycles. The molecule has 27 heavy (non-hydrogen) atoms. The van der Waals surface area contributed by atoms with Crippen LogP contribution in [0, 0.1) is 13.8 Å². The molecule has 0 unspecified atom stereocenters. The van der Waals surface area contributed by atoms with Gasteiger partial charge in [-0.05, 0) is 62.2 Å². The zero-order chi connectivity index (χ0) is 20.0. The van der Waals surface area contributed by atoms with Gasteiger partial charge in [0.15, 0.2) is 12.7 Å². The third-order valence-electron chi connectivity index (χ3n) is 3.65. The van der Waals surface area contributed by atoms with Gasteiger partial charge in [0.05, 0.1) is 12.1 Å². The Kier molecular flexibility index (Phi) is 7.07. The minimum absolute atomic E-state index is 0.283. The first-order chi connectivity index (χ1) is 12.8. The van der Waals surface area contributed by atoms with Crippen molar-refractivity contribution in [1.82, 2.24) is 0 Å². The lowest BCUT2D eigenvalue weighted by Gasteiger charge is -2.14. The van der Waals surface area contributed by atoms with Crippen LogP contribution in [0.15, 0.2) is 36.4 Å². The quantitative estimate of drug-likeness (QED) is 0.724. The van der Waals surface area contributed by atoms with Gasteiger partial charge >= 0.3 is 5.97 Å². The van der Waals surface area contributed by atoms with Crippen molar-refractivity contribution in [2.45, 2.75) is 26.9 Å². The zero-order valence-electron chi connectivity index (χ0n) is 15.7. The molecule has 0 saturated carbocycles. The van der Waals surface area contributed by atoms with Gasteiger partial charge < -0.3 is 19.5 Å². The number of rotatable bonds is 7. The second-order valence-electron chi connectivity index (χ2n) is 6.08. The fraction of sp³-hybridized carbons (Fsp3) is 0.300. The SMILES string of the molecule is COc1ccc(NC(=O)[C@@H](C)OC(=O)COc2cc(C)cc(C)c2)cc1Cl. The van der Waals surface area contributed by atoms with Crippen LogP contribution >= 0.6 is 11.6 Å². The van der Waals surface area contributed by atoms with Crippen LogP contribution in [0.25, 0.3) is 0 Å². The number of anilines is 1. The fourth-order valence-electron chi connectivity index (χ4n) is 2.43. The summed E-state index contributed by atoms with van der Waals surface area (Å²) in [6.45, 7) is 5.08. The van der Waals surface area contributed by atoms with Crippen molar-refractivity contribution in [3.8, 4) is 11.5 Å². The third-order valence-corrected chi connectivity index (χ3v) is 3.94. The van der Waals surface area contributed by atoms with E-state index in [9.17, 15) is 9.59 Å². The number of aryl methyl sites for hydroxylation is 2. The first-order valence-corrected chi connectivity index (χ1v) is 8.71. The molecule has 0 radical (unpaired) electrons. The highest BCUT2D eigenvalue weighted by Crippen LogP contribution is 2.27. The largest absolute Gasteiger partial charge is 0.495 e. The molecule has 6 nitrogen and oxygen atoms in total. The number of hydrogen-bond acceptors (Lipinski definition) is 5. The number of methoxy groups -OCH3 is 1. The Bertz CT molecular complexity index is 817. The standard InChI is InChI=1S/C20H22ClNO5/c1-12-7-13(2)9-16(8-12)26-11-19(23)27-14(3)20(24)22-15-5-6-18(25-4)17(21)10-15/h5-10,14H,11H2,1-4H3,(H,22,24)/t14-/m1/s1. The molecule has 1 N–H and O–H groups in total. The van der Waals surface area contributed by atoms with Gasteiger partial charge in [-0.25, -0.2) is 4.79 Å². The van der Waals surface area contributed by atoms with E-state index >= 15 is 0 Å². The number of amides is 1. The number of carbonyl (C=O) groups excluding carboxylic acids is 2. The summed E-state index contributed by atoms with van der Waals surface area (Å²) in [5.41, 5.74) is 2.54. The van der Waals surface area contributed by atoms with Crippen molar-refractivity contribution in [3.05, 3.63) is 52.5 Å². The number of benzene rings is 2. The molecule has 0 spiro atoms. The summed E-state index contributed by atoms with van der Waals surface area (Å²) in [4.78, 5) is 24.1. The van der Waals surface area contributed by atoms with Crippen LogP contribution in [-0.2, 0) is 14.3 Å². The van der Waals surface area contributed by atoms with Crippen LogP contribution < -0.4 is 14.8 Å². The van der Waals surface area contributed by atoms with Gasteiger partial charge in [0, 0.05) is 5.69 Å². The van der Waals surface area contributed by atoms with Gasteiger partial charge in [-0.2, -0.15) is 0 Å². The number of hydrogen-bond donors (Lipinski definition) is 1. The fourth-order valence-corrected chi connectivity index (χ4v) is 2.69. The maximum atomic E-state index is 12.2. The minimum atomic E-state index is -0.985. The molecule has 0 heterocycles. The summed E-state index contributed by atoms with van der Waals surface area (Å²) in [7, 11) is 1.50. The second kappa shape index (κ2) is 9.28. The highest BCUT2D eigenvalue weighted by molar-refractivity contribution is 6.32. The Labute approximate surface area is 163 Å². The summed E-state index contributed by atoms with van der Waals surface area (Å²) in [5, 5.41) is 2.99. The molecule has 0 aromatic heterocycles. The molecule has 7 heteroatoms. The van der Waals surface area contributed by atoms with Gasteiger partial charge in [-0.15, -0.1) is 0 Å². The molecule has 2 aromatic rings. The van der Waals surface area contributed by atoms with E-state index in [0.29, 0.717) is 22.2 Å². The summed E-state index contributed by atoms with van der Waals surface area (Å²) in [5.74, 6) is -0.0346. The number of halogens is 1. The Morgan fingerprint density at radius 1 is 1.11 bits per heavy atom. The van der Waals surface area contributed by atoms with Crippen LogP contribution in [0.2, 0.25) is 5.02 Å². The Balaban J connectivity index is 1.86. The Morgan fingerprint density at radius 2 is 1.78 bits per heavy atom. The number of ether oxygens (including phenoxy) is 3. The first kappa shape index (κ1) is 20.6. The van der Waals surface area contributed by atoms with Crippen molar-refractivity contribution >= 4 is 29.2 Å². The minimum Gasteiger partial charge on any atom is -0.495 e. The summed E-state index contributed by atoms with van der Waals surface area (Å²) >= 11 is 6.02. The van der Waals surface area contributed by atoms with Crippen molar-refractivity contribution in [1.29, 1.82) is 0 Å². The lowest BCUT2D eigenvalue weighted by molar-refractivity contribution is -0.155. The van der Waals surface area contributed by atoms with Crippen molar-refractivity contribution in [2.24, 2.45) is 0 Å². The van der Waals surface area contributed by atoms with Gasteiger partial charge in [-0.3, -0.25) is 4.79 Å². The molecule has 0 fully saturated rings. The summed E-state index contributed by atoms with van der Waals surface area (Å²) in [6, 6.07) is 10.5. The first-order valence-electron chi connectivity index (χ1n) is 8.33. The average molecular weight is 392 g/mol. The molecule has 0 aliphatic heterocycles. The predicted molar refractivity (Wildman–Crippen MR) is 104 cm³/mol. The summed E-state index contributed by atoms with van der Waals surface area (Å²) in [6.07, 6.45) is -0.985. The molecular formula is C20H22ClNO5. The number of nitrogens with one attached hydrogen (secondary N) is 1. The maximum Gasteiger partial charge on any atom is 0.344 e. The van der Waals surface area contributed by atoms with E-state index in [-0.39, 0.29) is 6.61 Å². The van der Waals surface area contributed by atoms with Crippen LogP contribution in [-0.4, -0.2) is 31.7 Å². The Morgan fingerprint density at radius 3 is 2.37 bits per heavy atom. The van der Waals surface area contributed by atoms with Crippen molar-refractivity contribution < 1.29 is 23.8 Å². The highest BCUT2D eigenvalue weighted by atomic mass is 35.5. The molecule has 2 rings (SSSR count). The van der Waals surface area contributed by atoms with Gasteiger partial charge in [-0.1, -0.05) is 17.7 Å². The maximum absolute atomic E-state index is 12.2. The molecule has 0 aliphatic rings. The van der Waals surface area contributed by atoms with E-state index < -0.39 is 18.0 Å². The van der Waals surface area contributed by atoms with Crippen molar-refractivity contribution in [2.75, 3.05) is 19.0 Å². The molecule has 0 saturated heterocycles. The molecule has 1 amide bonds. The third kappa shape index (κ3) is 6.18. The van der Waals surface area contributed by atoms with Gasteiger partial charge in [0.2, 0.25) is 0 Å². The smallest absolute Gasteiger partial charge is 0.344 e. The van der Waals surface area contributed by atoms with Gasteiger partial charge in [0.25, 0.3) is 5.91 Å². The van der Waals surface area contributed by atoms with E-state index in [2.05, 4.69) is 5.32 Å². The zero-order valence-corrected chi connectivity index (χ0v) is 16.4. The lowest BCUT2D eigenvalue weighted by atomic mass is 10.1. The topological polar surface area (TPSA) is 73.9 Å². The van der Waals surface area contributed by atoms with E-state index in [1.807, 2.05) is 32.0 Å². The highest BCUT2D eigenvalue weighted by Gasteiger charge is 2.19. The van der Waals surface area contributed by atoms with E-state index in [0.717, 1.165) is 11.1 Å². The summed E-state index contributed by atoms with van der Waals surface area (Å²) < 4.78 is 15.6. The van der Waals surface area contributed by atoms with E-state index in [1.165, 1.54) is 14.0 Å². The molecule has 2 aromatic carbocycles. The van der Waals surface area contributed by atoms with Gasteiger partial charge in [0.1, 0.15) is 11.5 Å². The van der Waals surface area contributed by atoms with E-state index in [4.69, 9.17) is 25.8 Å². The number of esters is 1. The van der Waals surface area contributed by atoms with Crippen LogP contribution in [0.3, 0.4) is 0 Å². The molecular weight excluding hydrogens is 370 g/mol. The molecule has 1 atom stereocenters. The number of carbonyl (C=O) groups is 2. The monoisotopic (exact) mass is 391 g/mol. The Hall–Kier alpha value is -2.73. The molecule has 0 bridgehead atoms. The molecule has 144 valence electrons. The van der Waals surface area contributed by atoms with E-state index in [1.54, 1.807) is 18.2 Å². The normalized spacial score (nSPS) is 11.4.